The van der Waals surface area contributed by atoms with Gasteiger partial charge in [0.2, 0.25) is 0 Å². The van der Waals surface area contributed by atoms with Gasteiger partial charge in [-0.15, -0.1) is 0 Å². The van der Waals surface area contributed by atoms with Crippen LogP contribution in [-0.2, 0) is 4.74 Å². The van der Waals surface area contributed by atoms with Gasteiger partial charge in [0.25, 0.3) is 5.91 Å². The molecular formula is C13H19N3O3. The molecule has 0 fully saturated rings. The average Bonchev–Trinajstić information content (AvgIpc) is 2.34. The van der Waals surface area contributed by atoms with Crippen molar-refractivity contribution in [3.63, 3.8) is 0 Å². The number of hydrogen-bond donors (Lipinski definition) is 3. The van der Waals surface area contributed by atoms with Gasteiger partial charge in [-0.25, -0.2) is 4.79 Å². The van der Waals surface area contributed by atoms with E-state index in [1.54, 1.807) is 6.07 Å². The van der Waals surface area contributed by atoms with Crippen molar-refractivity contribution >= 4 is 17.7 Å². The maximum Gasteiger partial charge on any atom is 0.404 e. The molecule has 0 aliphatic carbocycles. The van der Waals surface area contributed by atoms with Crippen LogP contribution in [0.1, 0.15) is 22.8 Å². The fourth-order valence-electron chi connectivity index (χ4n) is 1.64. The summed E-state index contributed by atoms with van der Waals surface area (Å²) in [5, 5.41) is 5.83. The molecule has 0 unspecified atom stereocenters. The van der Waals surface area contributed by atoms with E-state index in [1.165, 1.54) is 0 Å². The lowest BCUT2D eigenvalue weighted by Gasteiger charge is -2.10. The summed E-state index contributed by atoms with van der Waals surface area (Å²) in [6.45, 7) is 5.01. The zero-order chi connectivity index (χ0) is 14.3. The zero-order valence-electron chi connectivity index (χ0n) is 11.2. The minimum Gasteiger partial charge on any atom is -0.448 e. The van der Waals surface area contributed by atoms with E-state index in [0.717, 1.165) is 17.8 Å². The zero-order valence-corrected chi connectivity index (χ0v) is 11.2. The van der Waals surface area contributed by atoms with Gasteiger partial charge in [0.15, 0.2) is 0 Å². The molecule has 0 atom stereocenters. The summed E-state index contributed by atoms with van der Waals surface area (Å²) in [6, 6.07) is 5.53. The Labute approximate surface area is 112 Å². The molecule has 0 aromatic heterocycles. The number of rotatable bonds is 6. The minimum atomic E-state index is -0.847. The van der Waals surface area contributed by atoms with Crippen molar-refractivity contribution in [1.82, 2.24) is 5.32 Å². The molecule has 6 nitrogen and oxygen atoms in total. The topological polar surface area (TPSA) is 93.4 Å². The van der Waals surface area contributed by atoms with E-state index in [0.29, 0.717) is 5.56 Å². The van der Waals surface area contributed by atoms with E-state index in [4.69, 9.17) is 5.73 Å². The van der Waals surface area contributed by atoms with Crippen molar-refractivity contribution in [2.75, 3.05) is 25.0 Å². The summed E-state index contributed by atoms with van der Waals surface area (Å²) >= 11 is 0. The molecule has 1 rings (SSSR count). The van der Waals surface area contributed by atoms with Crippen LogP contribution in [0.15, 0.2) is 18.2 Å². The molecule has 4 N–H and O–H groups in total. The van der Waals surface area contributed by atoms with Crippen LogP contribution in [0.5, 0.6) is 0 Å². The van der Waals surface area contributed by atoms with Crippen LogP contribution in [-0.4, -0.2) is 31.7 Å². The Morgan fingerprint density at radius 1 is 1.37 bits per heavy atom. The molecule has 0 aliphatic heterocycles. The lowest BCUT2D eigenvalue weighted by Crippen LogP contribution is -2.29. The molecule has 0 bridgehead atoms. The van der Waals surface area contributed by atoms with Gasteiger partial charge in [-0.3, -0.25) is 4.79 Å². The monoisotopic (exact) mass is 265 g/mol. The van der Waals surface area contributed by atoms with E-state index in [2.05, 4.69) is 15.4 Å². The summed E-state index contributed by atoms with van der Waals surface area (Å²) in [6.07, 6.45) is -0.847. The molecule has 0 saturated heterocycles. The Morgan fingerprint density at radius 2 is 2.11 bits per heavy atom. The smallest absolute Gasteiger partial charge is 0.404 e. The molecular weight excluding hydrogens is 246 g/mol. The highest BCUT2D eigenvalue weighted by atomic mass is 16.5. The number of primary amides is 1. The highest BCUT2D eigenvalue weighted by Crippen LogP contribution is 2.14. The Morgan fingerprint density at radius 3 is 2.68 bits per heavy atom. The number of benzene rings is 1. The number of hydrogen-bond acceptors (Lipinski definition) is 4. The third-order valence-electron chi connectivity index (χ3n) is 2.48. The van der Waals surface area contributed by atoms with Crippen LogP contribution < -0.4 is 16.4 Å². The molecule has 0 aliphatic rings. The summed E-state index contributed by atoms with van der Waals surface area (Å²) in [5.74, 6) is -0.200. The molecule has 1 aromatic carbocycles. The van der Waals surface area contributed by atoms with Crippen LogP contribution in [0, 0.1) is 6.92 Å². The van der Waals surface area contributed by atoms with Crippen molar-refractivity contribution in [3.05, 3.63) is 29.3 Å². The first-order valence-electron chi connectivity index (χ1n) is 6.09. The number of aryl methyl sites for hydroxylation is 1. The van der Waals surface area contributed by atoms with Gasteiger partial charge < -0.3 is 21.1 Å². The number of carbonyl (C=O) groups excluding carboxylic acids is 2. The first-order chi connectivity index (χ1) is 9.04. The molecule has 19 heavy (non-hydrogen) atoms. The minimum absolute atomic E-state index is 0.0651. The SMILES string of the molecule is CCNc1ccc(C(=O)NCCOC(N)=O)c(C)c1. The molecule has 6 heteroatoms. The van der Waals surface area contributed by atoms with Crippen LogP contribution in [0.3, 0.4) is 0 Å². The molecule has 1 aromatic rings. The maximum absolute atomic E-state index is 11.9. The van der Waals surface area contributed by atoms with Crippen molar-refractivity contribution in [2.45, 2.75) is 13.8 Å². The van der Waals surface area contributed by atoms with Crippen molar-refractivity contribution in [2.24, 2.45) is 5.73 Å². The average molecular weight is 265 g/mol. The summed E-state index contributed by atoms with van der Waals surface area (Å²) in [4.78, 5) is 22.2. The lowest BCUT2D eigenvalue weighted by atomic mass is 10.1. The number of ether oxygens (including phenoxy) is 1. The van der Waals surface area contributed by atoms with Gasteiger partial charge in [0, 0.05) is 17.8 Å². The Bertz CT molecular complexity index is 460. The van der Waals surface area contributed by atoms with Crippen LogP contribution in [0.25, 0.3) is 0 Å². The molecule has 2 amide bonds. The van der Waals surface area contributed by atoms with E-state index < -0.39 is 6.09 Å². The Balaban J connectivity index is 2.54. The van der Waals surface area contributed by atoms with Gasteiger partial charge in [-0.1, -0.05) is 0 Å². The van der Waals surface area contributed by atoms with E-state index >= 15 is 0 Å². The Hall–Kier alpha value is -2.24. The van der Waals surface area contributed by atoms with Crippen LogP contribution >= 0.6 is 0 Å². The quantitative estimate of drug-likeness (QED) is 0.675. The highest BCUT2D eigenvalue weighted by molar-refractivity contribution is 5.96. The van der Waals surface area contributed by atoms with Gasteiger partial charge >= 0.3 is 6.09 Å². The fraction of sp³-hybridized carbons (Fsp3) is 0.385. The van der Waals surface area contributed by atoms with Crippen molar-refractivity contribution in [3.8, 4) is 0 Å². The van der Waals surface area contributed by atoms with E-state index in [1.807, 2.05) is 26.0 Å². The standard InChI is InChI=1S/C13H19N3O3/c1-3-15-10-4-5-11(9(2)8-10)12(17)16-6-7-19-13(14)18/h4-5,8,15H,3,6-7H2,1-2H3,(H2,14,18)(H,16,17). The van der Waals surface area contributed by atoms with Gasteiger partial charge in [-0.2, -0.15) is 0 Å². The fourth-order valence-corrected chi connectivity index (χ4v) is 1.64. The molecule has 0 heterocycles. The number of nitrogens with two attached hydrogens (primary N) is 1. The summed E-state index contributed by atoms with van der Waals surface area (Å²) in [5.41, 5.74) is 7.27. The van der Waals surface area contributed by atoms with Gasteiger partial charge in [0.1, 0.15) is 6.61 Å². The third-order valence-corrected chi connectivity index (χ3v) is 2.48. The Kier molecular flexibility index (Phi) is 5.66. The second-order valence-electron chi connectivity index (χ2n) is 3.98. The second kappa shape index (κ2) is 7.25. The summed E-state index contributed by atoms with van der Waals surface area (Å²) in [7, 11) is 0. The van der Waals surface area contributed by atoms with Crippen molar-refractivity contribution in [1.29, 1.82) is 0 Å². The molecule has 0 saturated carbocycles. The third kappa shape index (κ3) is 4.87. The summed E-state index contributed by atoms with van der Waals surface area (Å²) < 4.78 is 4.52. The largest absolute Gasteiger partial charge is 0.448 e. The predicted octanol–water partition coefficient (Wildman–Crippen LogP) is 1.25. The first-order valence-corrected chi connectivity index (χ1v) is 6.09. The highest BCUT2D eigenvalue weighted by Gasteiger charge is 2.08. The van der Waals surface area contributed by atoms with Crippen molar-refractivity contribution < 1.29 is 14.3 Å². The number of carbonyl (C=O) groups is 2. The molecule has 0 radical (unpaired) electrons. The van der Waals surface area contributed by atoms with E-state index in [-0.39, 0.29) is 19.1 Å². The number of amides is 2. The predicted molar refractivity (Wildman–Crippen MR) is 73.2 cm³/mol. The number of anilines is 1. The van der Waals surface area contributed by atoms with Gasteiger partial charge in [-0.05, 0) is 37.6 Å². The normalized spacial score (nSPS) is 9.79. The second-order valence-corrected chi connectivity index (χ2v) is 3.98. The number of nitrogens with one attached hydrogen (secondary N) is 2. The molecule has 0 spiro atoms. The molecule has 104 valence electrons. The van der Waals surface area contributed by atoms with Crippen LogP contribution in [0.4, 0.5) is 10.5 Å². The lowest BCUT2D eigenvalue weighted by molar-refractivity contribution is 0.0936. The van der Waals surface area contributed by atoms with Gasteiger partial charge in [0.05, 0.1) is 6.54 Å². The first kappa shape index (κ1) is 14.8. The van der Waals surface area contributed by atoms with Crippen LogP contribution in [0.2, 0.25) is 0 Å². The maximum atomic E-state index is 11.9. The van der Waals surface area contributed by atoms with E-state index in [9.17, 15) is 9.59 Å².